The molecule has 0 aliphatic rings. The lowest BCUT2D eigenvalue weighted by Gasteiger charge is -2.02. The lowest BCUT2D eigenvalue weighted by atomic mass is 10.3. The van der Waals surface area contributed by atoms with E-state index in [9.17, 15) is 0 Å². The Morgan fingerprint density at radius 1 is 1.27 bits per heavy atom. The van der Waals surface area contributed by atoms with Crippen LogP contribution in [-0.4, -0.2) is 16.8 Å². The smallest absolute Gasteiger partial charge is 0.197 e. The first-order valence-corrected chi connectivity index (χ1v) is 5.40. The largest absolute Gasteiger partial charge is 0.200 e. The fourth-order valence-corrected chi connectivity index (χ4v) is 1.45. The average Bonchev–Trinajstić information content (AvgIpc) is 2.26. The molecule has 0 aromatic carbocycles. The van der Waals surface area contributed by atoms with Crippen molar-refractivity contribution in [1.82, 2.24) is 0 Å². The Kier molecular flexibility index (Phi) is 7.25. The summed E-state index contributed by atoms with van der Waals surface area (Å²) >= 11 is 0. The quantitative estimate of drug-likeness (QED) is 0.365. The van der Waals surface area contributed by atoms with Crippen molar-refractivity contribution in [2.24, 2.45) is 0 Å². The second kappa shape index (κ2) is 7.98. The molecule has 0 saturated heterocycles. The van der Waals surface area contributed by atoms with Gasteiger partial charge in [-0.2, -0.15) is 4.58 Å². The third-order valence-corrected chi connectivity index (χ3v) is 2.16. The number of rotatable bonds is 5. The first-order valence-electron chi connectivity index (χ1n) is 5.40. The molecule has 0 saturated carbocycles. The van der Waals surface area contributed by atoms with Gasteiger partial charge in [0.1, 0.15) is 6.54 Å². The van der Waals surface area contributed by atoms with Gasteiger partial charge in [0.2, 0.25) is 5.70 Å². The molecule has 1 nitrogen and oxygen atoms in total. The summed E-state index contributed by atoms with van der Waals surface area (Å²) in [5.41, 5.74) is 2.45. The van der Waals surface area contributed by atoms with Crippen LogP contribution in [0.5, 0.6) is 0 Å². The van der Waals surface area contributed by atoms with Gasteiger partial charge in [0.05, 0.1) is 0 Å². The minimum absolute atomic E-state index is 0.970. The molecule has 0 aromatic rings. The molecular weight excluding hydrogens is 182 g/mol. The second-order valence-electron chi connectivity index (χ2n) is 3.19. The molecule has 0 aromatic heterocycles. The molecule has 0 radical (unpaired) electrons. The predicted molar refractivity (Wildman–Crippen MR) is 69.4 cm³/mol. The molecule has 15 heavy (non-hydrogen) atoms. The van der Waals surface area contributed by atoms with Gasteiger partial charge in [-0.05, 0) is 26.8 Å². The maximum absolute atomic E-state index is 3.67. The van der Waals surface area contributed by atoms with Gasteiger partial charge in [-0.3, -0.25) is 0 Å². The minimum Gasteiger partial charge on any atom is -0.197 e. The van der Waals surface area contributed by atoms with Crippen LogP contribution >= 0.6 is 0 Å². The van der Waals surface area contributed by atoms with E-state index in [-0.39, 0.29) is 0 Å². The van der Waals surface area contributed by atoms with Gasteiger partial charge in [0, 0.05) is 19.1 Å². The van der Waals surface area contributed by atoms with Gasteiger partial charge < -0.3 is 0 Å². The molecule has 0 bridgehead atoms. The van der Waals surface area contributed by atoms with E-state index in [1.165, 1.54) is 11.4 Å². The third-order valence-electron chi connectivity index (χ3n) is 2.16. The highest BCUT2D eigenvalue weighted by atomic mass is 15.0. The van der Waals surface area contributed by atoms with Crippen LogP contribution in [0.1, 0.15) is 27.7 Å². The molecule has 1 heteroatoms. The van der Waals surface area contributed by atoms with Crippen LogP contribution in [0.25, 0.3) is 0 Å². The minimum atomic E-state index is 0.970. The van der Waals surface area contributed by atoms with Crippen LogP contribution in [0, 0.1) is 0 Å². The van der Waals surface area contributed by atoms with Gasteiger partial charge in [-0.1, -0.05) is 24.8 Å². The van der Waals surface area contributed by atoms with E-state index in [0.29, 0.717) is 0 Å². The molecule has 0 unspecified atom stereocenters. The third kappa shape index (κ3) is 4.59. The summed E-state index contributed by atoms with van der Waals surface area (Å²) in [5.74, 6) is 0. The molecule has 82 valence electrons. The zero-order valence-electron chi connectivity index (χ0n) is 10.3. The highest BCUT2D eigenvalue weighted by Crippen LogP contribution is 2.01. The first-order chi connectivity index (χ1) is 7.21. The van der Waals surface area contributed by atoms with E-state index >= 15 is 0 Å². The summed E-state index contributed by atoms with van der Waals surface area (Å²) in [6.07, 6.45) is 12.1. The van der Waals surface area contributed by atoms with Gasteiger partial charge in [-0.15, -0.1) is 0 Å². The Morgan fingerprint density at radius 3 is 2.33 bits per heavy atom. The Labute approximate surface area is 93.8 Å². The van der Waals surface area contributed by atoms with Crippen LogP contribution in [0.3, 0.4) is 0 Å². The summed E-state index contributed by atoms with van der Waals surface area (Å²) < 4.78 is 2.26. The molecule has 0 spiro atoms. The number of hydrogen-bond acceptors (Lipinski definition) is 0. The van der Waals surface area contributed by atoms with Crippen molar-refractivity contribution in [2.45, 2.75) is 27.7 Å². The Hall–Kier alpha value is -1.37. The van der Waals surface area contributed by atoms with Gasteiger partial charge in [0.25, 0.3) is 0 Å². The van der Waals surface area contributed by atoms with Crippen molar-refractivity contribution >= 4 is 5.71 Å². The topological polar surface area (TPSA) is 3.01 Å². The van der Waals surface area contributed by atoms with Crippen molar-refractivity contribution in [3.63, 3.8) is 0 Å². The lowest BCUT2D eigenvalue weighted by Crippen LogP contribution is -2.16. The van der Waals surface area contributed by atoms with Crippen LogP contribution < -0.4 is 0 Å². The highest BCUT2D eigenvalue weighted by molar-refractivity contribution is 5.89. The molecule has 0 fully saturated rings. The normalized spacial score (nSPS) is 14.8. The van der Waals surface area contributed by atoms with Gasteiger partial charge in [-0.25, -0.2) is 0 Å². The fourth-order valence-electron chi connectivity index (χ4n) is 1.45. The number of hydrogen-bond donors (Lipinski definition) is 0. The zero-order valence-corrected chi connectivity index (χ0v) is 10.3. The van der Waals surface area contributed by atoms with Gasteiger partial charge in [0.15, 0.2) is 5.71 Å². The van der Waals surface area contributed by atoms with Crippen molar-refractivity contribution in [1.29, 1.82) is 0 Å². The van der Waals surface area contributed by atoms with Crippen LogP contribution in [0.2, 0.25) is 0 Å². The van der Waals surface area contributed by atoms with Crippen molar-refractivity contribution in [2.75, 3.05) is 6.54 Å². The van der Waals surface area contributed by atoms with E-state index in [4.69, 9.17) is 0 Å². The van der Waals surface area contributed by atoms with Crippen molar-refractivity contribution in [3.8, 4) is 0 Å². The number of allylic oxidation sites excluding steroid dienone is 6. The molecule has 0 N–H and O–H groups in total. The SMILES string of the molecule is C=CC=CC(C)=[N+](CC)C(C=CC)=CC. The highest BCUT2D eigenvalue weighted by Gasteiger charge is 2.08. The van der Waals surface area contributed by atoms with Crippen molar-refractivity contribution in [3.05, 3.63) is 48.7 Å². The van der Waals surface area contributed by atoms with Crippen LogP contribution in [0.4, 0.5) is 0 Å². The monoisotopic (exact) mass is 204 g/mol. The van der Waals surface area contributed by atoms with E-state index < -0.39 is 0 Å². The van der Waals surface area contributed by atoms with Crippen molar-refractivity contribution < 1.29 is 4.58 Å². The molecule has 0 aliphatic carbocycles. The van der Waals surface area contributed by atoms with Crippen LogP contribution in [0.15, 0.2) is 48.7 Å². The van der Waals surface area contributed by atoms with Gasteiger partial charge >= 0.3 is 0 Å². The van der Waals surface area contributed by atoms with E-state index in [1.807, 2.05) is 13.0 Å². The van der Waals surface area contributed by atoms with E-state index in [2.05, 4.69) is 56.2 Å². The van der Waals surface area contributed by atoms with E-state index in [0.717, 1.165) is 6.54 Å². The Bertz CT molecular complexity index is 314. The lowest BCUT2D eigenvalue weighted by molar-refractivity contribution is -0.467. The maximum atomic E-state index is 3.67. The summed E-state index contributed by atoms with van der Waals surface area (Å²) in [5, 5.41) is 0. The molecule has 0 aliphatic heterocycles. The summed E-state index contributed by atoms with van der Waals surface area (Å²) in [4.78, 5) is 0. The second-order valence-corrected chi connectivity index (χ2v) is 3.19. The molecule has 0 atom stereocenters. The summed E-state index contributed by atoms with van der Waals surface area (Å²) in [6, 6.07) is 0. The average molecular weight is 204 g/mol. The Morgan fingerprint density at radius 2 is 1.93 bits per heavy atom. The molecule has 0 rings (SSSR count). The fraction of sp³-hybridized carbons (Fsp3) is 0.357. The molecule has 0 heterocycles. The predicted octanol–water partition coefficient (Wildman–Crippen LogP) is 3.70. The van der Waals surface area contributed by atoms with E-state index in [1.54, 1.807) is 6.08 Å². The zero-order chi connectivity index (χ0) is 11.7. The number of likely N-dealkylation sites (N-methyl/N-ethyl adjacent to an activating group) is 1. The molecule has 0 amide bonds. The standard InChI is InChI=1S/C14H22N/c1-6-10-12-13(5)15(9-4)14(8-3)11-7-2/h6-8,10-12H,1,9H2,2-5H3/q+1. The summed E-state index contributed by atoms with van der Waals surface area (Å²) in [7, 11) is 0. The van der Waals surface area contributed by atoms with Crippen LogP contribution in [-0.2, 0) is 0 Å². The first kappa shape index (κ1) is 13.6. The Balaban J connectivity index is 5.18. The maximum Gasteiger partial charge on any atom is 0.200 e. The molecular formula is C14H22N+. The number of nitrogens with zero attached hydrogens (tertiary/aromatic N) is 1. The summed E-state index contributed by atoms with van der Waals surface area (Å²) in [6.45, 7) is 13.0.